The van der Waals surface area contributed by atoms with Crippen LogP contribution in [0.2, 0.25) is 0 Å². The van der Waals surface area contributed by atoms with Crippen molar-refractivity contribution in [3.63, 3.8) is 0 Å². The first kappa shape index (κ1) is 19.2. The number of aryl methyl sites for hydroxylation is 1. The molecule has 3 aromatic rings. The molecule has 0 aliphatic heterocycles. The summed E-state index contributed by atoms with van der Waals surface area (Å²) in [5.41, 5.74) is 5.04. The van der Waals surface area contributed by atoms with Crippen molar-refractivity contribution in [3.05, 3.63) is 89.5 Å². The Balaban J connectivity index is 1.84. The predicted molar refractivity (Wildman–Crippen MR) is 109 cm³/mol. The summed E-state index contributed by atoms with van der Waals surface area (Å²) >= 11 is 0. The van der Waals surface area contributed by atoms with Gasteiger partial charge < -0.3 is 14.7 Å². The number of aliphatic carboxylic acids is 1. The Kier molecular flexibility index (Phi) is 6.41. The Morgan fingerprint density at radius 3 is 2.57 bits per heavy atom. The van der Waals surface area contributed by atoms with Crippen molar-refractivity contribution in [2.75, 3.05) is 6.61 Å². The highest BCUT2D eigenvalue weighted by Gasteiger charge is 2.07. The number of ether oxygens (including phenoxy) is 1. The zero-order valence-corrected chi connectivity index (χ0v) is 15.5. The molecule has 3 rings (SSSR count). The Labute approximate surface area is 163 Å². The van der Waals surface area contributed by atoms with Crippen molar-refractivity contribution < 1.29 is 19.5 Å². The SMILES string of the molecule is Cc1cccc(COc2cc(-c3ccccc3)ccc2C=NOCC(=O)O)c1. The van der Waals surface area contributed by atoms with Crippen molar-refractivity contribution in [2.24, 2.45) is 5.16 Å². The summed E-state index contributed by atoms with van der Waals surface area (Å²) in [6, 6.07) is 23.9. The van der Waals surface area contributed by atoms with Crippen LogP contribution in [0, 0.1) is 6.92 Å². The number of rotatable bonds is 8. The number of oxime groups is 1. The van der Waals surface area contributed by atoms with E-state index >= 15 is 0 Å². The van der Waals surface area contributed by atoms with Crippen LogP contribution in [0.15, 0.2) is 78.0 Å². The average molecular weight is 375 g/mol. The summed E-state index contributed by atoms with van der Waals surface area (Å²) in [5, 5.41) is 12.4. The van der Waals surface area contributed by atoms with E-state index in [1.165, 1.54) is 11.8 Å². The smallest absolute Gasteiger partial charge is 0.344 e. The van der Waals surface area contributed by atoms with Crippen molar-refractivity contribution in [2.45, 2.75) is 13.5 Å². The third kappa shape index (κ3) is 5.45. The van der Waals surface area contributed by atoms with Gasteiger partial charge in [0.05, 0.1) is 6.21 Å². The topological polar surface area (TPSA) is 68.1 Å². The van der Waals surface area contributed by atoms with Gasteiger partial charge in [-0.15, -0.1) is 0 Å². The molecule has 3 aromatic carbocycles. The predicted octanol–water partition coefficient (Wildman–Crippen LogP) is 4.68. The third-order valence-corrected chi connectivity index (χ3v) is 4.05. The van der Waals surface area contributed by atoms with Gasteiger partial charge >= 0.3 is 5.97 Å². The molecule has 0 spiro atoms. The quantitative estimate of drug-likeness (QED) is 0.459. The third-order valence-electron chi connectivity index (χ3n) is 4.05. The zero-order valence-electron chi connectivity index (χ0n) is 15.5. The second kappa shape index (κ2) is 9.37. The molecule has 142 valence electrons. The molecule has 0 aliphatic carbocycles. The number of hydrogen-bond acceptors (Lipinski definition) is 4. The number of hydrogen-bond donors (Lipinski definition) is 1. The molecule has 0 bridgehead atoms. The van der Waals surface area contributed by atoms with Crippen LogP contribution in [-0.2, 0) is 16.2 Å². The van der Waals surface area contributed by atoms with Crippen molar-refractivity contribution in [1.82, 2.24) is 0 Å². The lowest BCUT2D eigenvalue weighted by atomic mass is 10.0. The van der Waals surface area contributed by atoms with Crippen molar-refractivity contribution >= 4 is 12.2 Å². The van der Waals surface area contributed by atoms with E-state index in [2.05, 4.69) is 11.2 Å². The minimum atomic E-state index is -1.08. The normalized spacial score (nSPS) is 10.8. The van der Waals surface area contributed by atoms with Gasteiger partial charge in [-0.1, -0.05) is 71.4 Å². The largest absolute Gasteiger partial charge is 0.488 e. The second-order valence-electron chi connectivity index (χ2n) is 6.30. The molecule has 5 nitrogen and oxygen atoms in total. The first-order chi connectivity index (χ1) is 13.6. The Bertz CT molecular complexity index is 967. The maximum Gasteiger partial charge on any atom is 0.344 e. The fourth-order valence-electron chi connectivity index (χ4n) is 2.73. The standard InChI is InChI=1S/C23H21NO4/c1-17-6-5-7-18(12-17)15-27-22-13-20(19-8-3-2-4-9-19)10-11-21(22)14-24-28-16-23(25)26/h2-14H,15-16H2,1H3,(H,25,26). The highest BCUT2D eigenvalue weighted by atomic mass is 16.6. The molecule has 1 N–H and O–H groups in total. The van der Waals surface area contributed by atoms with E-state index in [0.717, 1.165) is 16.7 Å². The van der Waals surface area contributed by atoms with Gasteiger partial charge in [0.2, 0.25) is 6.61 Å². The van der Waals surface area contributed by atoms with Crippen LogP contribution in [0.1, 0.15) is 16.7 Å². The summed E-state index contributed by atoms with van der Waals surface area (Å²) in [6.07, 6.45) is 1.46. The van der Waals surface area contributed by atoms with Gasteiger partial charge in [0.15, 0.2) is 0 Å². The van der Waals surface area contributed by atoms with Gasteiger partial charge in [-0.3, -0.25) is 0 Å². The maximum absolute atomic E-state index is 10.5. The fourth-order valence-corrected chi connectivity index (χ4v) is 2.73. The van der Waals surface area contributed by atoms with E-state index in [1.54, 1.807) is 0 Å². The van der Waals surface area contributed by atoms with E-state index in [-0.39, 0.29) is 0 Å². The lowest BCUT2D eigenvalue weighted by Crippen LogP contribution is -2.04. The van der Waals surface area contributed by atoms with Gasteiger partial charge in [-0.2, -0.15) is 0 Å². The van der Waals surface area contributed by atoms with E-state index in [9.17, 15) is 4.79 Å². The highest BCUT2D eigenvalue weighted by molar-refractivity contribution is 5.85. The van der Waals surface area contributed by atoms with E-state index in [0.29, 0.717) is 17.9 Å². The molecule has 0 radical (unpaired) electrons. The molecular weight excluding hydrogens is 354 g/mol. The molecule has 0 amide bonds. The molecule has 0 saturated heterocycles. The Morgan fingerprint density at radius 2 is 1.82 bits per heavy atom. The van der Waals surface area contributed by atoms with Crippen LogP contribution in [0.4, 0.5) is 0 Å². The van der Waals surface area contributed by atoms with Crippen LogP contribution < -0.4 is 4.74 Å². The van der Waals surface area contributed by atoms with Gasteiger partial charge in [-0.05, 0) is 35.7 Å². The lowest BCUT2D eigenvalue weighted by Gasteiger charge is -2.12. The molecule has 5 heteroatoms. The van der Waals surface area contributed by atoms with Crippen LogP contribution in [0.5, 0.6) is 5.75 Å². The summed E-state index contributed by atoms with van der Waals surface area (Å²) in [5.74, 6) is -0.432. The number of carboxylic acid groups (broad SMARTS) is 1. The minimum Gasteiger partial charge on any atom is -0.488 e. The van der Waals surface area contributed by atoms with Crippen LogP contribution >= 0.6 is 0 Å². The monoisotopic (exact) mass is 375 g/mol. The van der Waals surface area contributed by atoms with Crippen molar-refractivity contribution in [1.29, 1.82) is 0 Å². The molecule has 0 fully saturated rings. The fraction of sp³-hybridized carbons (Fsp3) is 0.130. The lowest BCUT2D eigenvalue weighted by molar-refractivity contribution is -0.142. The number of carboxylic acids is 1. The minimum absolute atomic E-state index is 0.413. The first-order valence-corrected chi connectivity index (χ1v) is 8.87. The van der Waals surface area contributed by atoms with Crippen LogP contribution in [0.25, 0.3) is 11.1 Å². The van der Waals surface area contributed by atoms with Gasteiger partial charge in [0.1, 0.15) is 12.4 Å². The zero-order chi connectivity index (χ0) is 19.8. The average Bonchev–Trinajstić information content (AvgIpc) is 2.70. The van der Waals surface area contributed by atoms with E-state index in [1.807, 2.05) is 73.7 Å². The molecular formula is C23H21NO4. The maximum atomic E-state index is 10.5. The van der Waals surface area contributed by atoms with Crippen LogP contribution in [0.3, 0.4) is 0 Å². The molecule has 0 atom stereocenters. The summed E-state index contributed by atoms with van der Waals surface area (Å²) in [6.45, 7) is 1.96. The molecule has 0 aromatic heterocycles. The van der Waals surface area contributed by atoms with E-state index in [4.69, 9.17) is 14.7 Å². The molecule has 28 heavy (non-hydrogen) atoms. The van der Waals surface area contributed by atoms with Gasteiger partial charge in [0, 0.05) is 5.56 Å². The summed E-state index contributed by atoms with van der Waals surface area (Å²) < 4.78 is 6.06. The van der Waals surface area contributed by atoms with Gasteiger partial charge in [0.25, 0.3) is 0 Å². The molecule has 0 saturated carbocycles. The van der Waals surface area contributed by atoms with E-state index < -0.39 is 12.6 Å². The number of carbonyl (C=O) groups is 1. The Hall–Kier alpha value is -3.60. The number of nitrogens with zero attached hydrogens (tertiary/aromatic N) is 1. The number of benzene rings is 3. The van der Waals surface area contributed by atoms with Gasteiger partial charge in [-0.25, -0.2) is 4.79 Å². The second-order valence-corrected chi connectivity index (χ2v) is 6.30. The Morgan fingerprint density at radius 1 is 1.00 bits per heavy atom. The summed E-state index contributed by atoms with van der Waals surface area (Å²) in [7, 11) is 0. The van der Waals surface area contributed by atoms with Crippen LogP contribution in [-0.4, -0.2) is 23.9 Å². The molecule has 0 aliphatic rings. The summed E-state index contributed by atoms with van der Waals surface area (Å²) in [4.78, 5) is 15.3. The highest BCUT2D eigenvalue weighted by Crippen LogP contribution is 2.27. The molecule has 0 heterocycles. The first-order valence-electron chi connectivity index (χ1n) is 8.87. The van der Waals surface area contributed by atoms with Crippen molar-refractivity contribution in [3.8, 4) is 16.9 Å². The molecule has 0 unspecified atom stereocenters.